The summed E-state index contributed by atoms with van der Waals surface area (Å²) in [4.78, 5) is 25.3. The number of nitrogens with one attached hydrogen (secondary N) is 2. The highest BCUT2D eigenvalue weighted by Gasteiger charge is 2.33. The number of hydrogen-bond acceptors (Lipinski definition) is 4. The van der Waals surface area contributed by atoms with Crippen LogP contribution in [0.25, 0.3) is 0 Å². The smallest absolute Gasteiger partial charge is 0.326 e. The second-order valence-corrected chi connectivity index (χ2v) is 12.6. The van der Waals surface area contributed by atoms with E-state index in [2.05, 4.69) is 17.3 Å². The van der Waals surface area contributed by atoms with E-state index in [1.54, 1.807) is 0 Å². The molecule has 2 aromatic rings. The Labute approximate surface area is 228 Å². The summed E-state index contributed by atoms with van der Waals surface area (Å²) < 4.78 is 20.2. The molecule has 0 aromatic heterocycles. The number of carboxylic acid groups (broad SMARTS) is 1. The lowest BCUT2D eigenvalue weighted by molar-refractivity contribution is -0.142. The van der Waals surface area contributed by atoms with Crippen molar-refractivity contribution in [2.45, 2.75) is 90.8 Å². The van der Waals surface area contributed by atoms with Crippen LogP contribution in [-0.2, 0) is 31.7 Å². The van der Waals surface area contributed by atoms with Crippen molar-refractivity contribution in [2.75, 3.05) is 6.16 Å². The highest BCUT2D eigenvalue weighted by atomic mass is 31.2. The predicted molar refractivity (Wildman–Crippen MR) is 153 cm³/mol. The van der Waals surface area contributed by atoms with E-state index in [9.17, 15) is 19.3 Å². The Hall–Kier alpha value is -2.47. The van der Waals surface area contributed by atoms with Crippen molar-refractivity contribution >= 4 is 19.4 Å². The number of hydrogen-bond donors (Lipinski definition) is 3. The second kappa shape index (κ2) is 17.2. The fraction of sp³-hybridized carbons (Fsp3) is 0.533. The molecule has 0 spiro atoms. The first kappa shape index (κ1) is 31.7. The number of carbonyl (C=O) groups excluding carboxylic acids is 1. The maximum atomic E-state index is 14.1. The minimum atomic E-state index is -3.44. The molecule has 2 rings (SSSR count). The Balaban J connectivity index is 2.23. The quantitative estimate of drug-likeness (QED) is 0.136. The van der Waals surface area contributed by atoms with Gasteiger partial charge in [0.05, 0.1) is 12.6 Å². The van der Waals surface area contributed by atoms with Gasteiger partial charge in [-0.05, 0) is 36.3 Å². The molecular formula is C30H45N2O5P. The van der Waals surface area contributed by atoms with Gasteiger partial charge in [0.25, 0.3) is 7.52 Å². The van der Waals surface area contributed by atoms with Crippen LogP contribution in [0.4, 0.5) is 0 Å². The van der Waals surface area contributed by atoms with Gasteiger partial charge in [0.15, 0.2) is 0 Å². The normalized spacial score (nSPS) is 14.5. The molecule has 0 bridgehead atoms. The Bertz CT molecular complexity index is 1000. The topological polar surface area (TPSA) is 105 Å². The Kier molecular flexibility index (Phi) is 14.4. The van der Waals surface area contributed by atoms with Crippen LogP contribution in [-0.4, -0.2) is 35.2 Å². The molecule has 7 nitrogen and oxygen atoms in total. The van der Waals surface area contributed by atoms with Crippen LogP contribution in [0.2, 0.25) is 0 Å². The van der Waals surface area contributed by atoms with Crippen LogP contribution in [0.5, 0.6) is 0 Å². The molecule has 0 aliphatic carbocycles. The van der Waals surface area contributed by atoms with Gasteiger partial charge in [-0.1, -0.05) is 114 Å². The van der Waals surface area contributed by atoms with Gasteiger partial charge in [0.1, 0.15) is 6.04 Å². The van der Waals surface area contributed by atoms with Crippen LogP contribution >= 0.6 is 7.52 Å². The molecule has 0 fully saturated rings. The van der Waals surface area contributed by atoms with Crippen molar-refractivity contribution in [1.29, 1.82) is 0 Å². The molecule has 8 heteroatoms. The van der Waals surface area contributed by atoms with Gasteiger partial charge >= 0.3 is 5.97 Å². The average Bonchev–Trinajstić information content (AvgIpc) is 2.90. The first-order chi connectivity index (χ1) is 18.2. The van der Waals surface area contributed by atoms with Gasteiger partial charge < -0.3 is 14.9 Å². The van der Waals surface area contributed by atoms with Crippen molar-refractivity contribution in [1.82, 2.24) is 10.4 Å². The maximum Gasteiger partial charge on any atom is 0.326 e. The molecule has 0 radical (unpaired) electrons. The third-order valence-electron chi connectivity index (χ3n) is 6.36. The van der Waals surface area contributed by atoms with Crippen molar-refractivity contribution < 1.29 is 23.8 Å². The summed E-state index contributed by atoms with van der Waals surface area (Å²) >= 11 is 0. The number of unbranched alkanes of at least 4 members (excludes halogenated alkanes) is 5. The predicted octanol–water partition coefficient (Wildman–Crippen LogP) is 6.57. The standard InChI is InChI=1S/C30H45N2O5P/c1-4-5-6-7-8-15-20-38(36,37-23-26-18-13-10-14-19-26)32-27(22-25-16-11-9-12-17-25)29(33)31-28(30(34)35)21-24(2)3/h9-14,16-19,24,27-28H,4-8,15,20-23H2,1-3H3,(H,31,33)(H,32,36)(H,34,35)/t27-,28-,38?/m0/s1. The molecule has 3 N–H and O–H groups in total. The molecule has 3 atom stereocenters. The van der Waals surface area contributed by atoms with Crippen LogP contribution in [0.15, 0.2) is 60.7 Å². The summed E-state index contributed by atoms with van der Waals surface area (Å²) in [5.74, 6) is -1.49. The molecule has 1 amide bonds. The number of aliphatic carboxylic acids is 1. The molecule has 2 aromatic carbocycles. The highest BCUT2D eigenvalue weighted by Crippen LogP contribution is 2.45. The van der Waals surface area contributed by atoms with Gasteiger partial charge in [-0.2, -0.15) is 0 Å². The molecular weight excluding hydrogens is 499 g/mol. The number of carbonyl (C=O) groups is 2. The van der Waals surface area contributed by atoms with E-state index in [-0.39, 0.29) is 18.9 Å². The number of amides is 1. The van der Waals surface area contributed by atoms with E-state index in [0.29, 0.717) is 19.0 Å². The largest absolute Gasteiger partial charge is 0.480 e. The van der Waals surface area contributed by atoms with Gasteiger partial charge in [-0.3, -0.25) is 9.36 Å². The minimum absolute atomic E-state index is 0.0879. The Morgan fingerprint density at radius 2 is 1.45 bits per heavy atom. The van der Waals surface area contributed by atoms with Crippen molar-refractivity contribution in [3.05, 3.63) is 71.8 Å². The lowest BCUT2D eigenvalue weighted by Gasteiger charge is -2.27. The molecule has 0 heterocycles. The van der Waals surface area contributed by atoms with Gasteiger partial charge in [0.2, 0.25) is 5.91 Å². The molecule has 210 valence electrons. The van der Waals surface area contributed by atoms with Crippen LogP contribution in [0.3, 0.4) is 0 Å². The van der Waals surface area contributed by atoms with Gasteiger partial charge in [-0.25, -0.2) is 9.88 Å². The monoisotopic (exact) mass is 544 g/mol. The van der Waals surface area contributed by atoms with Crippen LogP contribution in [0.1, 0.15) is 76.8 Å². The van der Waals surface area contributed by atoms with Gasteiger partial charge in [0, 0.05) is 6.16 Å². The van der Waals surface area contributed by atoms with Gasteiger partial charge in [-0.15, -0.1) is 0 Å². The lowest BCUT2D eigenvalue weighted by atomic mass is 10.0. The number of benzene rings is 2. The molecule has 1 unspecified atom stereocenters. The first-order valence-corrected chi connectivity index (χ1v) is 15.7. The maximum absolute atomic E-state index is 14.1. The Morgan fingerprint density at radius 3 is 2.03 bits per heavy atom. The van der Waals surface area contributed by atoms with Crippen molar-refractivity contribution in [2.24, 2.45) is 5.92 Å². The fourth-order valence-electron chi connectivity index (χ4n) is 4.27. The minimum Gasteiger partial charge on any atom is -0.480 e. The summed E-state index contributed by atoms with van der Waals surface area (Å²) in [6.07, 6.45) is 7.07. The lowest BCUT2D eigenvalue weighted by Crippen LogP contribution is -2.51. The van der Waals surface area contributed by atoms with Crippen LogP contribution in [0, 0.1) is 5.92 Å². The summed E-state index contributed by atoms with van der Waals surface area (Å²) in [5, 5.41) is 15.4. The zero-order valence-corrected chi connectivity index (χ0v) is 24.0. The van der Waals surface area contributed by atoms with Crippen molar-refractivity contribution in [3.8, 4) is 0 Å². The molecule has 0 saturated carbocycles. The molecule has 0 saturated heterocycles. The zero-order chi connectivity index (χ0) is 27.8. The summed E-state index contributed by atoms with van der Waals surface area (Å²) in [7, 11) is -3.44. The SMILES string of the molecule is CCCCCCCCP(=O)(N[C@@H](Cc1ccccc1)C(=O)N[C@@H](CC(C)C)C(=O)O)OCc1ccccc1. The first-order valence-electron chi connectivity index (χ1n) is 13.8. The number of rotatable bonds is 19. The number of carboxylic acids is 1. The van der Waals surface area contributed by atoms with E-state index in [0.717, 1.165) is 36.8 Å². The summed E-state index contributed by atoms with van der Waals surface area (Å²) in [5.41, 5.74) is 1.77. The summed E-state index contributed by atoms with van der Waals surface area (Å²) in [6, 6.07) is 17.0. The van der Waals surface area contributed by atoms with E-state index in [1.165, 1.54) is 6.42 Å². The average molecular weight is 545 g/mol. The van der Waals surface area contributed by atoms with E-state index in [1.807, 2.05) is 74.5 Å². The molecule has 0 aliphatic heterocycles. The summed E-state index contributed by atoms with van der Waals surface area (Å²) in [6.45, 7) is 6.15. The van der Waals surface area contributed by atoms with E-state index < -0.39 is 31.5 Å². The fourth-order valence-corrected chi connectivity index (χ4v) is 6.28. The highest BCUT2D eigenvalue weighted by molar-refractivity contribution is 7.56. The molecule has 38 heavy (non-hydrogen) atoms. The zero-order valence-electron chi connectivity index (χ0n) is 23.1. The second-order valence-electron chi connectivity index (χ2n) is 10.3. The van der Waals surface area contributed by atoms with E-state index >= 15 is 0 Å². The van der Waals surface area contributed by atoms with Crippen molar-refractivity contribution in [3.63, 3.8) is 0 Å². The molecule has 0 aliphatic rings. The van der Waals surface area contributed by atoms with E-state index in [4.69, 9.17) is 4.52 Å². The Morgan fingerprint density at radius 1 is 0.868 bits per heavy atom. The third kappa shape index (κ3) is 12.4. The third-order valence-corrected chi connectivity index (χ3v) is 8.52. The van der Waals surface area contributed by atoms with Crippen LogP contribution < -0.4 is 10.4 Å².